The van der Waals surface area contributed by atoms with Gasteiger partial charge in [0.2, 0.25) is 5.95 Å². The third-order valence-corrected chi connectivity index (χ3v) is 6.42. The molecule has 0 unspecified atom stereocenters. The molecule has 0 bridgehead atoms. The van der Waals surface area contributed by atoms with Gasteiger partial charge in [0, 0.05) is 30.4 Å². The summed E-state index contributed by atoms with van der Waals surface area (Å²) in [4.78, 5) is 25.2. The van der Waals surface area contributed by atoms with Crippen molar-refractivity contribution in [1.29, 1.82) is 5.26 Å². The van der Waals surface area contributed by atoms with Gasteiger partial charge in [-0.05, 0) is 49.2 Å². The molecule has 0 saturated heterocycles. The van der Waals surface area contributed by atoms with Crippen LogP contribution in [0.25, 0.3) is 0 Å². The first-order chi connectivity index (χ1) is 18.7. The quantitative estimate of drug-likeness (QED) is 0.301. The summed E-state index contributed by atoms with van der Waals surface area (Å²) in [5.41, 5.74) is 1.19. The van der Waals surface area contributed by atoms with Crippen LogP contribution in [0, 0.1) is 17.1 Å². The summed E-state index contributed by atoms with van der Waals surface area (Å²) in [6.45, 7) is 7.22. The van der Waals surface area contributed by atoms with Crippen LogP contribution in [-0.4, -0.2) is 40.1 Å². The average molecular weight is 557 g/mol. The molecule has 4 N–H and O–H groups in total. The first-order valence-electron chi connectivity index (χ1n) is 12.4. The van der Waals surface area contributed by atoms with Gasteiger partial charge in [0.05, 0.1) is 17.2 Å². The second-order valence-electron chi connectivity index (χ2n) is 10.6. The van der Waals surface area contributed by atoms with Crippen molar-refractivity contribution in [2.75, 3.05) is 23.7 Å². The summed E-state index contributed by atoms with van der Waals surface area (Å²) in [6.07, 6.45) is -3.55. The number of anilines is 4. The van der Waals surface area contributed by atoms with Gasteiger partial charge in [-0.15, -0.1) is 0 Å². The highest BCUT2D eigenvalue weighted by Crippen LogP contribution is 2.32. The molecule has 0 fully saturated rings. The number of nitriles is 1. The van der Waals surface area contributed by atoms with Gasteiger partial charge in [0.1, 0.15) is 29.6 Å². The summed E-state index contributed by atoms with van der Waals surface area (Å²) in [5.74, 6) is -1.88. The molecule has 0 saturated carbocycles. The van der Waals surface area contributed by atoms with Gasteiger partial charge in [-0.2, -0.15) is 23.4 Å². The molecular weight excluding hydrogens is 528 g/mol. The summed E-state index contributed by atoms with van der Waals surface area (Å²) in [5, 5.41) is 20.4. The zero-order valence-electron chi connectivity index (χ0n) is 22.3. The van der Waals surface area contributed by atoms with Gasteiger partial charge in [0.15, 0.2) is 0 Å². The van der Waals surface area contributed by atoms with Crippen molar-refractivity contribution >= 4 is 29.2 Å². The van der Waals surface area contributed by atoms with Crippen molar-refractivity contribution in [3.63, 3.8) is 0 Å². The molecule has 1 amide bonds. The van der Waals surface area contributed by atoms with E-state index in [0.29, 0.717) is 12.2 Å². The fraction of sp³-hybridized carbons (Fsp3) is 0.370. The third-order valence-electron chi connectivity index (χ3n) is 6.42. The molecule has 0 atom stereocenters. The van der Waals surface area contributed by atoms with E-state index in [4.69, 9.17) is 0 Å². The van der Waals surface area contributed by atoms with Gasteiger partial charge >= 0.3 is 6.18 Å². The molecule has 13 heteroatoms. The van der Waals surface area contributed by atoms with Crippen LogP contribution in [-0.2, 0) is 17.4 Å². The van der Waals surface area contributed by atoms with E-state index in [1.807, 2.05) is 24.3 Å². The number of alkyl halides is 3. The molecule has 2 aromatic heterocycles. The Hall–Kier alpha value is -4.31. The van der Waals surface area contributed by atoms with Crippen molar-refractivity contribution in [2.24, 2.45) is 0 Å². The minimum atomic E-state index is -4.63. The molecule has 0 spiro atoms. The van der Waals surface area contributed by atoms with E-state index in [1.54, 1.807) is 5.32 Å². The molecule has 210 valence electrons. The largest absolute Gasteiger partial charge is 0.405 e. The van der Waals surface area contributed by atoms with Crippen molar-refractivity contribution in [3.05, 3.63) is 64.7 Å². The second-order valence-corrected chi connectivity index (χ2v) is 10.6. The van der Waals surface area contributed by atoms with Crippen molar-refractivity contribution in [1.82, 2.24) is 25.6 Å². The normalized spacial score (nSPS) is 14.6. The van der Waals surface area contributed by atoms with Crippen molar-refractivity contribution in [3.8, 4) is 6.07 Å². The van der Waals surface area contributed by atoms with Gasteiger partial charge in [-0.3, -0.25) is 4.79 Å². The smallest absolute Gasteiger partial charge is 0.343 e. The highest BCUT2D eigenvalue weighted by molar-refractivity contribution is 5.99. The molecular formula is C27H28F4N8O. The van der Waals surface area contributed by atoms with Crippen LogP contribution >= 0.6 is 0 Å². The number of nitrogens with one attached hydrogen (secondary N) is 4. The highest BCUT2D eigenvalue weighted by Gasteiger charge is 2.30. The molecule has 3 aromatic rings. The first-order valence-corrected chi connectivity index (χ1v) is 12.4. The van der Waals surface area contributed by atoms with E-state index in [1.165, 1.54) is 25.5 Å². The second kappa shape index (κ2) is 10.7. The first kappa shape index (κ1) is 28.7. The SMILES string of the molecule is CC(C)(C#N)c1nc(Nc2nc(Nc3ccc4c(c3)CNCC4(C)C)ncc2C(=O)NCC(F)(F)F)ccc1F. The Morgan fingerprint density at radius 1 is 1.15 bits per heavy atom. The van der Waals surface area contributed by atoms with Crippen LogP contribution in [0.5, 0.6) is 0 Å². The van der Waals surface area contributed by atoms with Crippen LogP contribution in [0.3, 0.4) is 0 Å². The number of aromatic nitrogens is 3. The van der Waals surface area contributed by atoms with Gasteiger partial charge in [-0.25, -0.2) is 14.4 Å². The lowest BCUT2D eigenvalue weighted by molar-refractivity contribution is -0.123. The Labute approximate surface area is 228 Å². The fourth-order valence-electron chi connectivity index (χ4n) is 4.32. The maximum absolute atomic E-state index is 14.4. The predicted molar refractivity (Wildman–Crippen MR) is 141 cm³/mol. The zero-order chi connectivity index (χ0) is 29.3. The number of hydrogen-bond donors (Lipinski definition) is 4. The number of fused-ring (bicyclic) bond motifs is 1. The Balaban J connectivity index is 1.68. The van der Waals surface area contributed by atoms with Crippen LogP contribution < -0.4 is 21.3 Å². The minimum Gasteiger partial charge on any atom is -0.343 e. The molecule has 1 aromatic carbocycles. The minimum absolute atomic E-state index is 0.0244. The van der Waals surface area contributed by atoms with E-state index in [-0.39, 0.29) is 34.3 Å². The van der Waals surface area contributed by atoms with E-state index in [2.05, 4.69) is 44.7 Å². The summed E-state index contributed by atoms with van der Waals surface area (Å²) >= 11 is 0. The van der Waals surface area contributed by atoms with Gasteiger partial charge < -0.3 is 21.3 Å². The predicted octanol–water partition coefficient (Wildman–Crippen LogP) is 4.97. The molecule has 3 heterocycles. The standard InChI is InChI=1S/C27H28F4N8O/c1-25(2,12-32)21-19(28)7-8-20(37-21)38-22-17(23(40)35-14-27(29,30)31)11-34-24(39-22)36-16-5-6-18-15(9-16)10-33-13-26(18,3)4/h5-9,11,33H,10,13-14H2,1-4H3,(H,35,40)(H2,34,36,37,38,39). The Morgan fingerprint density at radius 2 is 1.90 bits per heavy atom. The lowest BCUT2D eigenvalue weighted by Crippen LogP contribution is -2.38. The van der Waals surface area contributed by atoms with Crippen LogP contribution in [0.1, 0.15) is 54.9 Å². The number of pyridine rings is 1. The Morgan fingerprint density at radius 3 is 2.60 bits per heavy atom. The lowest BCUT2D eigenvalue weighted by Gasteiger charge is -2.33. The topological polar surface area (TPSA) is 128 Å². The number of rotatable bonds is 7. The molecule has 1 aliphatic heterocycles. The van der Waals surface area contributed by atoms with E-state index >= 15 is 0 Å². The number of amides is 1. The van der Waals surface area contributed by atoms with Crippen LogP contribution in [0.15, 0.2) is 36.5 Å². The third kappa shape index (κ3) is 6.45. The number of hydrogen-bond acceptors (Lipinski definition) is 8. The maximum atomic E-state index is 14.4. The number of nitrogens with zero attached hydrogens (tertiary/aromatic N) is 4. The Kier molecular flexibility index (Phi) is 7.67. The number of halogens is 4. The molecule has 40 heavy (non-hydrogen) atoms. The van der Waals surface area contributed by atoms with Gasteiger partial charge in [-0.1, -0.05) is 19.9 Å². The highest BCUT2D eigenvalue weighted by atomic mass is 19.4. The summed E-state index contributed by atoms with van der Waals surface area (Å²) in [6, 6.07) is 10.1. The monoisotopic (exact) mass is 556 g/mol. The van der Waals surface area contributed by atoms with Crippen molar-refractivity contribution in [2.45, 2.75) is 51.2 Å². The summed E-state index contributed by atoms with van der Waals surface area (Å²) in [7, 11) is 0. The number of carbonyl (C=O) groups is 1. The molecule has 0 aliphatic carbocycles. The number of carbonyl (C=O) groups excluding carboxylic acids is 1. The van der Waals surface area contributed by atoms with Gasteiger partial charge in [0.25, 0.3) is 5.91 Å². The van der Waals surface area contributed by atoms with Crippen molar-refractivity contribution < 1.29 is 22.4 Å². The van der Waals surface area contributed by atoms with Crippen LogP contribution in [0.4, 0.5) is 40.8 Å². The zero-order valence-corrected chi connectivity index (χ0v) is 22.3. The molecule has 1 aliphatic rings. The lowest BCUT2D eigenvalue weighted by atomic mass is 9.79. The molecule has 9 nitrogen and oxygen atoms in total. The average Bonchev–Trinajstić information content (AvgIpc) is 2.88. The fourth-order valence-corrected chi connectivity index (χ4v) is 4.32. The number of benzene rings is 1. The molecule has 4 rings (SSSR count). The summed E-state index contributed by atoms with van der Waals surface area (Å²) < 4.78 is 52.6. The maximum Gasteiger partial charge on any atom is 0.405 e. The van der Waals surface area contributed by atoms with E-state index in [9.17, 15) is 27.6 Å². The van der Waals surface area contributed by atoms with E-state index < -0.39 is 29.9 Å². The van der Waals surface area contributed by atoms with Crippen LogP contribution in [0.2, 0.25) is 0 Å². The van der Waals surface area contributed by atoms with E-state index in [0.717, 1.165) is 24.4 Å². The molecule has 0 radical (unpaired) electrons. The Bertz CT molecular complexity index is 1480.